The van der Waals surface area contributed by atoms with Crippen molar-refractivity contribution in [2.45, 2.75) is 11.8 Å². The van der Waals surface area contributed by atoms with Gasteiger partial charge in [-0.05, 0) is 30.2 Å². The Bertz CT molecular complexity index is 597. The van der Waals surface area contributed by atoms with Gasteiger partial charge in [-0.2, -0.15) is 0 Å². The molecule has 2 N–H and O–H groups in total. The molecule has 1 saturated heterocycles. The van der Waals surface area contributed by atoms with Gasteiger partial charge in [0, 0.05) is 18.8 Å². The summed E-state index contributed by atoms with van der Waals surface area (Å²) in [6.45, 7) is 3.30. The lowest BCUT2D eigenvalue weighted by atomic mass is 9.99. The summed E-state index contributed by atoms with van der Waals surface area (Å²) in [5.74, 6) is -0.167. The Morgan fingerprint density at radius 3 is 2.40 bits per heavy atom. The zero-order chi connectivity index (χ0) is 14.9. The van der Waals surface area contributed by atoms with Crippen LogP contribution in [-0.2, 0) is 19.6 Å². The normalized spacial score (nSPS) is 22.9. The molecule has 0 amide bonds. The van der Waals surface area contributed by atoms with Gasteiger partial charge in [0.05, 0.1) is 17.9 Å². The highest BCUT2D eigenvalue weighted by molar-refractivity contribution is 7.89. The van der Waals surface area contributed by atoms with Gasteiger partial charge in [-0.15, -0.1) is 0 Å². The number of esters is 1. The van der Waals surface area contributed by atoms with Crippen molar-refractivity contribution in [2.24, 2.45) is 17.0 Å². The van der Waals surface area contributed by atoms with Gasteiger partial charge in [-0.1, -0.05) is 6.92 Å². The number of nitrogens with two attached hydrogens (primary N) is 1. The summed E-state index contributed by atoms with van der Waals surface area (Å²) in [7, 11) is -2.29. The van der Waals surface area contributed by atoms with Crippen LogP contribution in [0.1, 0.15) is 6.92 Å². The van der Waals surface area contributed by atoms with E-state index < -0.39 is 10.0 Å². The van der Waals surface area contributed by atoms with Crippen molar-refractivity contribution in [3.63, 3.8) is 0 Å². The number of primary sulfonamides is 1. The Morgan fingerprint density at radius 2 is 1.90 bits per heavy atom. The molecule has 1 aromatic rings. The molecule has 0 bridgehead atoms. The molecule has 2 atom stereocenters. The van der Waals surface area contributed by atoms with Crippen LogP contribution in [0.5, 0.6) is 0 Å². The summed E-state index contributed by atoms with van der Waals surface area (Å²) in [5.41, 5.74) is 0.871. The van der Waals surface area contributed by atoms with Gasteiger partial charge in [0.1, 0.15) is 0 Å². The maximum Gasteiger partial charge on any atom is 0.310 e. The number of nitrogens with zero attached hydrogens (tertiary/aromatic N) is 1. The van der Waals surface area contributed by atoms with Gasteiger partial charge < -0.3 is 9.64 Å². The Kier molecular flexibility index (Phi) is 4.01. The molecule has 110 valence electrons. The van der Waals surface area contributed by atoms with E-state index in [2.05, 4.69) is 0 Å². The average Bonchev–Trinajstić information content (AvgIpc) is 2.79. The summed E-state index contributed by atoms with van der Waals surface area (Å²) in [5, 5.41) is 5.06. The molecular weight excluding hydrogens is 280 g/mol. The fourth-order valence-corrected chi connectivity index (χ4v) is 3.00. The molecule has 20 heavy (non-hydrogen) atoms. The monoisotopic (exact) mass is 298 g/mol. The van der Waals surface area contributed by atoms with Gasteiger partial charge in [-0.25, -0.2) is 13.6 Å². The van der Waals surface area contributed by atoms with Crippen LogP contribution in [0.2, 0.25) is 0 Å². The van der Waals surface area contributed by atoms with Crippen molar-refractivity contribution >= 4 is 21.7 Å². The van der Waals surface area contributed by atoms with Crippen LogP contribution in [0.15, 0.2) is 29.2 Å². The third-order valence-electron chi connectivity index (χ3n) is 3.65. The topological polar surface area (TPSA) is 89.7 Å². The van der Waals surface area contributed by atoms with Crippen LogP contribution in [-0.4, -0.2) is 34.6 Å². The van der Waals surface area contributed by atoms with Crippen LogP contribution in [0.25, 0.3) is 0 Å². The van der Waals surface area contributed by atoms with Crippen molar-refractivity contribution in [2.75, 3.05) is 25.1 Å². The molecule has 7 heteroatoms. The Morgan fingerprint density at radius 1 is 1.30 bits per heavy atom. The molecule has 0 spiro atoms. The van der Waals surface area contributed by atoms with E-state index in [-0.39, 0.29) is 22.7 Å². The largest absolute Gasteiger partial charge is 0.469 e. The third-order valence-corrected chi connectivity index (χ3v) is 4.58. The van der Waals surface area contributed by atoms with E-state index in [0.717, 1.165) is 12.2 Å². The second-order valence-corrected chi connectivity index (χ2v) is 6.61. The van der Waals surface area contributed by atoms with E-state index in [1.807, 2.05) is 11.8 Å². The number of rotatable bonds is 3. The van der Waals surface area contributed by atoms with Gasteiger partial charge in [-0.3, -0.25) is 4.79 Å². The first-order chi connectivity index (χ1) is 9.32. The van der Waals surface area contributed by atoms with Crippen molar-refractivity contribution in [3.8, 4) is 0 Å². The lowest BCUT2D eigenvalue weighted by Gasteiger charge is -2.18. The summed E-state index contributed by atoms with van der Waals surface area (Å²) in [6, 6.07) is 6.35. The minimum Gasteiger partial charge on any atom is -0.469 e. The highest BCUT2D eigenvalue weighted by atomic mass is 32.2. The molecule has 0 aromatic heterocycles. The second-order valence-electron chi connectivity index (χ2n) is 5.05. The molecule has 1 aliphatic rings. The highest BCUT2D eigenvalue weighted by Crippen LogP contribution is 2.29. The Balaban J connectivity index is 2.16. The molecule has 6 nitrogen and oxygen atoms in total. The number of carbonyl (C=O) groups excluding carboxylic acids is 1. The number of benzene rings is 1. The molecule has 1 heterocycles. The van der Waals surface area contributed by atoms with Crippen molar-refractivity contribution in [3.05, 3.63) is 24.3 Å². The number of ether oxygens (including phenoxy) is 1. The molecule has 1 aromatic carbocycles. The number of anilines is 1. The maximum atomic E-state index is 11.6. The molecule has 2 rings (SSSR count). The Labute approximate surface area is 118 Å². The SMILES string of the molecule is COC(=O)C1CN(c2ccc(S(N)(=O)=O)cc2)CC1C. The van der Waals surface area contributed by atoms with Gasteiger partial charge in [0.25, 0.3) is 0 Å². The van der Waals surface area contributed by atoms with Crippen LogP contribution in [0.4, 0.5) is 5.69 Å². The number of carbonyl (C=O) groups is 1. The Hall–Kier alpha value is -1.60. The molecule has 1 aliphatic heterocycles. The van der Waals surface area contributed by atoms with Crippen LogP contribution < -0.4 is 10.0 Å². The first-order valence-electron chi connectivity index (χ1n) is 6.28. The standard InChI is InChI=1S/C13H18N2O4S/c1-9-7-15(8-12(9)13(16)19-2)10-3-5-11(6-4-10)20(14,17)18/h3-6,9,12H,7-8H2,1-2H3,(H2,14,17,18). The fourth-order valence-electron chi connectivity index (χ4n) is 2.48. The quantitative estimate of drug-likeness (QED) is 0.824. The third kappa shape index (κ3) is 2.94. The summed E-state index contributed by atoms with van der Waals surface area (Å²) >= 11 is 0. The molecule has 0 radical (unpaired) electrons. The minimum absolute atomic E-state index is 0.0815. The summed E-state index contributed by atoms with van der Waals surface area (Å²) in [6.07, 6.45) is 0. The second kappa shape index (κ2) is 5.41. The van der Waals surface area contributed by atoms with Crippen molar-refractivity contribution in [1.29, 1.82) is 0 Å². The number of hydrogen-bond donors (Lipinski definition) is 1. The van der Waals surface area contributed by atoms with E-state index in [0.29, 0.717) is 6.54 Å². The maximum absolute atomic E-state index is 11.6. The van der Waals surface area contributed by atoms with E-state index in [4.69, 9.17) is 9.88 Å². The minimum atomic E-state index is -3.67. The van der Waals surface area contributed by atoms with Crippen LogP contribution in [0.3, 0.4) is 0 Å². The fraction of sp³-hybridized carbons (Fsp3) is 0.462. The summed E-state index contributed by atoms with van der Waals surface area (Å²) < 4.78 is 27.2. The van der Waals surface area contributed by atoms with E-state index in [1.165, 1.54) is 19.2 Å². The molecule has 0 saturated carbocycles. The molecule has 0 aliphatic carbocycles. The van der Waals surface area contributed by atoms with E-state index >= 15 is 0 Å². The van der Waals surface area contributed by atoms with Crippen molar-refractivity contribution < 1.29 is 17.9 Å². The average molecular weight is 298 g/mol. The van der Waals surface area contributed by atoms with Crippen LogP contribution in [0, 0.1) is 11.8 Å². The zero-order valence-electron chi connectivity index (χ0n) is 11.4. The van der Waals surface area contributed by atoms with Gasteiger partial charge in [0.15, 0.2) is 0 Å². The number of hydrogen-bond acceptors (Lipinski definition) is 5. The van der Waals surface area contributed by atoms with E-state index in [1.54, 1.807) is 12.1 Å². The summed E-state index contributed by atoms with van der Waals surface area (Å²) in [4.78, 5) is 13.8. The van der Waals surface area contributed by atoms with Gasteiger partial charge in [0.2, 0.25) is 10.0 Å². The smallest absolute Gasteiger partial charge is 0.310 e. The molecular formula is C13H18N2O4S. The van der Waals surface area contributed by atoms with Crippen LogP contribution >= 0.6 is 0 Å². The van der Waals surface area contributed by atoms with E-state index in [9.17, 15) is 13.2 Å². The number of methoxy groups -OCH3 is 1. The highest BCUT2D eigenvalue weighted by Gasteiger charge is 2.35. The lowest BCUT2D eigenvalue weighted by molar-refractivity contribution is -0.145. The predicted molar refractivity (Wildman–Crippen MR) is 74.7 cm³/mol. The first kappa shape index (κ1) is 14.8. The zero-order valence-corrected chi connectivity index (χ0v) is 12.3. The first-order valence-corrected chi connectivity index (χ1v) is 7.83. The lowest BCUT2D eigenvalue weighted by Crippen LogP contribution is -2.24. The predicted octanol–water partition coefficient (Wildman–Crippen LogP) is 0.579. The number of sulfonamides is 1. The molecule has 1 fully saturated rings. The van der Waals surface area contributed by atoms with Gasteiger partial charge >= 0.3 is 5.97 Å². The van der Waals surface area contributed by atoms with Crippen molar-refractivity contribution in [1.82, 2.24) is 0 Å². The molecule has 2 unspecified atom stereocenters.